The zero-order chi connectivity index (χ0) is 13.8. The molecule has 0 spiro atoms. The third-order valence-electron chi connectivity index (χ3n) is 2.32. The van der Waals surface area contributed by atoms with E-state index in [2.05, 4.69) is 10.1 Å². The Morgan fingerprint density at radius 3 is 2.89 bits per heavy atom. The summed E-state index contributed by atoms with van der Waals surface area (Å²) in [5.74, 6) is -0.195. The molecule has 0 fully saturated rings. The number of pyridine rings is 1. The van der Waals surface area contributed by atoms with E-state index in [9.17, 15) is 4.79 Å². The second kappa shape index (κ2) is 5.71. The van der Waals surface area contributed by atoms with Crippen LogP contribution in [0.2, 0.25) is 5.15 Å². The number of aromatic nitrogens is 3. The third kappa shape index (κ3) is 3.03. The van der Waals surface area contributed by atoms with Crippen molar-refractivity contribution >= 4 is 17.6 Å². The Morgan fingerprint density at radius 1 is 1.47 bits per heavy atom. The SMILES string of the molecule is CCCOc1ccn(-c2ccc(C(=O)O)c(Cl)n2)n1. The molecule has 0 aromatic carbocycles. The minimum absolute atomic E-state index is 0.0416. The Kier molecular flexibility index (Phi) is 4.01. The van der Waals surface area contributed by atoms with E-state index in [4.69, 9.17) is 21.4 Å². The fourth-order valence-corrected chi connectivity index (χ4v) is 1.66. The van der Waals surface area contributed by atoms with Gasteiger partial charge in [-0.15, -0.1) is 5.10 Å². The molecule has 0 radical (unpaired) electrons. The van der Waals surface area contributed by atoms with Gasteiger partial charge in [0.1, 0.15) is 5.15 Å². The fraction of sp³-hybridized carbons (Fsp3) is 0.250. The van der Waals surface area contributed by atoms with Crippen LogP contribution in [0.1, 0.15) is 23.7 Å². The van der Waals surface area contributed by atoms with Crippen molar-refractivity contribution in [1.82, 2.24) is 14.8 Å². The first-order chi connectivity index (χ1) is 9.11. The van der Waals surface area contributed by atoms with Crippen molar-refractivity contribution in [2.45, 2.75) is 13.3 Å². The molecule has 19 heavy (non-hydrogen) atoms. The molecule has 0 saturated carbocycles. The highest BCUT2D eigenvalue weighted by Crippen LogP contribution is 2.17. The van der Waals surface area contributed by atoms with Crippen LogP contribution < -0.4 is 4.74 Å². The maximum absolute atomic E-state index is 10.8. The molecule has 0 atom stereocenters. The van der Waals surface area contributed by atoms with E-state index < -0.39 is 5.97 Å². The van der Waals surface area contributed by atoms with Crippen molar-refractivity contribution in [3.63, 3.8) is 0 Å². The monoisotopic (exact) mass is 281 g/mol. The first-order valence-electron chi connectivity index (χ1n) is 5.70. The Morgan fingerprint density at radius 2 is 2.26 bits per heavy atom. The lowest BCUT2D eigenvalue weighted by molar-refractivity contribution is 0.0696. The van der Waals surface area contributed by atoms with Gasteiger partial charge in [-0.25, -0.2) is 14.5 Å². The van der Waals surface area contributed by atoms with Gasteiger partial charge in [-0.1, -0.05) is 18.5 Å². The molecule has 0 unspecified atom stereocenters. The number of hydrogen-bond acceptors (Lipinski definition) is 4. The van der Waals surface area contributed by atoms with E-state index in [1.54, 1.807) is 12.3 Å². The number of carboxylic acids is 1. The van der Waals surface area contributed by atoms with E-state index in [1.165, 1.54) is 16.8 Å². The predicted molar refractivity (Wildman–Crippen MR) is 69.1 cm³/mol. The molecule has 7 heteroatoms. The van der Waals surface area contributed by atoms with Crippen LogP contribution in [0.4, 0.5) is 0 Å². The van der Waals surface area contributed by atoms with Crippen molar-refractivity contribution in [2.24, 2.45) is 0 Å². The number of hydrogen-bond donors (Lipinski definition) is 1. The summed E-state index contributed by atoms with van der Waals surface area (Å²) in [6.45, 7) is 2.59. The van der Waals surface area contributed by atoms with Crippen molar-refractivity contribution in [2.75, 3.05) is 6.61 Å². The van der Waals surface area contributed by atoms with Crippen LogP contribution in [0.3, 0.4) is 0 Å². The maximum atomic E-state index is 10.8. The Balaban J connectivity index is 2.24. The van der Waals surface area contributed by atoms with Crippen LogP contribution >= 0.6 is 11.6 Å². The van der Waals surface area contributed by atoms with Crippen LogP contribution in [-0.2, 0) is 0 Å². The van der Waals surface area contributed by atoms with Gasteiger partial charge in [0.05, 0.1) is 12.2 Å². The van der Waals surface area contributed by atoms with E-state index in [0.717, 1.165) is 6.42 Å². The largest absolute Gasteiger partial charge is 0.478 e. The number of ether oxygens (including phenoxy) is 1. The second-order valence-corrected chi connectivity index (χ2v) is 4.12. The molecule has 0 bridgehead atoms. The second-order valence-electron chi connectivity index (χ2n) is 3.76. The predicted octanol–water partition coefficient (Wildman–Crippen LogP) is 2.41. The van der Waals surface area contributed by atoms with Crippen LogP contribution in [0, 0.1) is 0 Å². The number of halogens is 1. The maximum Gasteiger partial charge on any atom is 0.338 e. The lowest BCUT2D eigenvalue weighted by Crippen LogP contribution is -2.04. The zero-order valence-corrected chi connectivity index (χ0v) is 11.0. The van der Waals surface area contributed by atoms with Gasteiger partial charge in [-0.2, -0.15) is 0 Å². The summed E-state index contributed by atoms with van der Waals surface area (Å²) >= 11 is 5.80. The summed E-state index contributed by atoms with van der Waals surface area (Å²) in [6, 6.07) is 4.63. The topological polar surface area (TPSA) is 77.2 Å². The minimum atomic E-state index is -1.11. The first kappa shape index (κ1) is 13.4. The Hall–Kier alpha value is -2.08. The summed E-state index contributed by atoms with van der Waals surface area (Å²) in [4.78, 5) is 14.8. The standard InChI is InChI=1S/C12H12ClN3O3/c1-2-7-19-10-5-6-16(15-10)9-4-3-8(12(17)18)11(13)14-9/h3-6H,2,7H2,1H3,(H,17,18). The highest BCUT2D eigenvalue weighted by Gasteiger charge is 2.11. The zero-order valence-electron chi connectivity index (χ0n) is 10.2. The highest BCUT2D eigenvalue weighted by molar-refractivity contribution is 6.32. The summed E-state index contributed by atoms with van der Waals surface area (Å²) in [5, 5.41) is 12.9. The first-order valence-corrected chi connectivity index (χ1v) is 6.08. The fourth-order valence-electron chi connectivity index (χ4n) is 1.43. The molecule has 6 nitrogen and oxygen atoms in total. The smallest absolute Gasteiger partial charge is 0.338 e. The van der Waals surface area contributed by atoms with E-state index >= 15 is 0 Å². The van der Waals surface area contributed by atoms with Gasteiger partial charge in [0.25, 0.3) is 0 Å². The van der Waals surface area contributed by atoms with Gasteiger partial charge >= 0.3 is 5.97 Å². The molecule has 100 valence electrons. The van der Waals surface area contributed by atoms with Crippen molar-refractivity contribution in [3.05, 3.63) is 35.1 Å². The number of aromatic carboxylic acids is 1. The van der Waals surface area contributed by atoms with Gasteiger partial charge in [0.15, 0.2) is 5.82 Å². The molecule has 0 saturated heterocycles. The van der Waals surface area contributed by atoms with Gasteiger partial charge in [-0.3, -0.25) is 0 Å². The number of nitrogens with zero attached hydrogens (tertiary/aromatic N) is 3. The van der Waals surface area contributed by atoms with Crippen molar-refractivity contribution in [1.29, 1.82) is 0 Å². The number of rotatable bonds is 5. The molecule has 0 amide bonds. The van der Waals surface area contributed by atoms with Gasteiger partial charge in [0, 0.05) is 12.3 Å². The normalized spacial score (nSPS) is 10.4. The highest BCUT2D eigenvalue weighted by atomic mass is 35.5. The molecule has 2 aromatic rings. The van der Waals surface area contributed by atoms with Crippen LogP contribution in [0.15, 0.2) is 24.4 Å². The van der Waals surface area contributed by atoms with Crippen molar-refractivity contribution in [3.8, 4) is 11.7 Å². The summed E-state index contributed by atoms with van der Waals surface area (Å²) in [7, 11) is 0. The van der Waals surface area contributed by atoms with E-state index in [-0.39, 0.29) is 10.7 Å². The van der Waals surface area contributed by atoms with Crippen LogP contribution in [0.25, 0.3) is 5.82 Å². The molecular formula is C12H12ClN3O3. The average molecular weight is 282 g/mol. The Labute approximate surface area is 114 Å². The number of carboxylic acid groups (broad SMARTS) is 1. The van der Waals surface area contributed by atoms with Crippen LogP contribution in [0.5, 0.6) is 5.88 Å². The molecule has 1 N–H and O–H groups in total. The minimum Gasteiger partial charge on any atom is -0.478 e. The molecule has 2 rings (SSSR count). The summed E-state index contributed by atoms with van der Waals surface area (Å²) < 4.78 is 6.84. The van der Waals surface area contributed by atoms with Gasteiger partial charge < -0.3 is 9.84 Å². The molecule has 2 aromatic heterocycles. The van der Waals surface area contributed by atoms with Crippen molar-refractivity contribution < 1.29 is 14.6 Å². The van der Waals surface area contributed by atoms with Crippen LogP contribution in [-0.4, -0.2) is 32.4 Å². The lowest BCUT2D eigenvalue weighted by atomic mass is 10.3. The number of carbonyl (C=O) groups is 1. The summed E-state index contributed by atoms with van der Waals surface area (Å²) in [6.07, 6.45) is 2.56. The lowest BCUT2D eigenvalue weighted by Gasteiger charge is -2.03. The quantitative estimate of drug-likeness (QED) is 0.852. The Bertz CT molecular complexity index is 598. The molecule has 0 aliphatic rings. The van der Waals surface area contributed by atoms with E-state index in [1.807, 2.05) is 6.92 Å². The van der Waals surface area contributed by atoms with E-state index in [0.29, 0.717) is 18.3 Å². The molecule has 0 aliphatic carbocycles. The van der Waals surface area contributed by atoms with Gasteiger partial charge in [-0.05, 0) is 18.6 Å². The third-order valence-corrected chi connectivity index (χ3v) is 2.61. The van der Waals surface area contributed by atoms with Gasteiger partial charge in [0.2, 0.25) is 5.88 Å². The average Bonchev–Trinajstić information content (AvgIpc) is 2.84. The molecule has 2 heterocycles. The molecule has 0 aliphatic heterocycles. The molecular weight excluding hydrogens is 270 g/mol. The summed E-state index contributed by atoms with van der Waals surface area (Å²) in [5.41, 5.74) is -0.0416.